The van der Waals surface area contributed by atoms with Crippen LogP contribution < -0.4 is 10.6 Å². The first kappa shape index (κ1) is 12.0. The number of halogens is 1. The first-order chi connectivity index (χ1) is 9.13. The zero-order valence-electron chi connectivity index (χ0n) is 11.0. The van der Waals surface area contributed by atoms with E-state index in [1.54, 1.807) is 6.07 Å². The SMILES string of the molecule is Cc1ccc(F)cc1CN1CCc2ccc(N)cc21. The van der Waals surface area contributed by atoms with Crippen molar-refractivity contribution in [2.75, 3.05) is 17.2 Å². The Morgan fingerprint density at radius 3 is 2.89 bits per heavy atom. The van der Waals surface area contributed by atoms with Crippen LogP contribution in [0.15, 0.2) is 36.4 Å². The van der Waals surface area contributed by atoms with Crippen molar-refractivity contribution in [1.29, 1.82) is 0 Å². The Labute approximate surface area is 112 Å². The molecule has 0 bridgehead atoms. The molecule has 0 aliphatic carbocycles. The van der Waals surface area contributed by atoms with Crippen molar-refractivity contribution in [3.05, 3.63) is 58.9 Å². The summed E-state index contributed by atoms with van der Waals surface area (Å²) in [5.74, 6) is -0.174. The molecule has 0 radical (unpaired) electrons. The number of hydrogen-bond donors (Lipinski definition) is 1. The quantitative estimate of drug-likeness (QED) is 0.835. The van der Waals surface area contributed by atoms with Crippen LogP contribution in [0.2, 0.25) is 0 Å². The number of anilines is 2. The molecule has 0 saturated carbocycles. The fourth-order valence-corrected chi connectivity index (χ4v) is 2.64. The van der Waals surface area contributed by atoms with Crippen molar-refractivity contribution in [3.8, 4) is 0 Å². The van der Waals surface area contributed by atoms with Crippen LogP contribution in [0.5, 0.6) is 0 Å². The lowest BCUT2D eigenvalue weighted by Gasteiger charge is -2.21. The van der Waals surface area contributed by atoms with E-state index in [2.05, 4.69) is 11.0 Å². The number of fused-ring (bicyclic) bond motifs is 1. The highest BCUT2D eigenvalue weighted by Gasteiger charge is 2.19. The van der Waals surface area contributed by atoms with Crippen LogP contribution in [0.3, 0.4) is 0 Å². The molecule has 1 aliphatic heterocycles. The summed E-state index contributed by atoms with van der Waals surface area (Å²) < 4.78 is 13.3. The average Bonchev–Trinajstić information content (AvgIpc) is 2.77. The van der Waals surface area contributed by atoms with E-state index in [0.29, 0.717) is 0 Å². The maximum absolute atomic E-state index is 13.3. The molecule has 0 unspecified atom stereocenters. The summed E-state index contributed by atoms with van der Waals surface area (Å²) in [5, 5.41) is 0. The normalized spacial score (nSPS) is 13.7. The Bertz CT molecular complexity index is 622. The smallest absolute Gasteiger partial charge is 0.123 e. The summed E-state index contributed by atoms with van der Waals surface area (Å²) in [6.07, 6.45) is 1.03. The largest absolute Gasteiger partial charge is 0.399 e. The predicted molar refractivity (Wildman–Crippen MR) is 76.7 cm³/mol. The van der Waals surface area contributed by atoms with Gasteiger partial charge in [0.2, 0.25) is 0 Å². The van der Waals surface area contributed by atoms with E-state index in [4.69, 9.17) is 5.73 Å². The molecule has 0 spiro atoms. The molecule has 1 aliphatic rings. The Morgan fingerprint density at radius 1 is 1.21 bits per heavy atom. The maximum Gasteiger partial charge on any atom is 0.123 e. The Balaban J connectivity index is 1.90. The van der Waals surface area contributed by atoms with Gasteiger partial charge in [-0.25, -0.2) is 4.39 Å². The van der Waals surface area contributed by atoms with Gasteiger partial charge in [0.25, 0.3) is 0 Å². The van der Waals surface area contributed by atoms with E-state index in [9.17, 15) is 4.39 Å². The van der Waals surface area contributed by atoms with Crippen LogP contribution in [-0.2, 0) is 13.0 Å². The van der Waals surface area contributed by atoms with Gasteiger partial charge in [-0.05, 0) is 54.3 Å². The predicted octanol–water partition coefficient (Wildman–Crippen LogP) is 3.28. The van der Waals surface area contributed by atoms with E-state index in [-0.39, 0.29) is 5.82 Å². The van der Waals surface area contributed by atoms with Crippen molar-refractivity contribution in [3.63, 3.8) is 0 Å². The summed E-state index contributed by atoms with van der Waals surface area (Å²) in [6.45, 7) is 3.72. The molecule has 1 heterocycles. The van der Waals surface area contributed by atoms with Crippen molar-refractivity contribution in [2.24, 2.45) is 0 Å². The van der Waals surface area contributed by atoms with Gasteiger partial charge in [-0.15, -0.1) is 0 Å². The second-order valence-electron chi connectivity index (χ2n) is 5.13. The summed E-state index contributed by atoms with van der Waals surface area (Å²) in [4.78, 5) is 2.27. The average molecular weight is 256 g/mol. The lowest BCUT2D eigenvalue weighted by molar-refractivity contribution is 0.624. The monoisotopic (exact) mass is 256 g/mol. The van der Waals surface area contributed by atoms with Crippen molar-refractivity contribution < 1.29 is 4.39 Å². The van der Waals surface area contributed by atoms with E-state index in [1.807, 2.05) is 25.1 Å². The first-order valence-corrected chi connectivity index (χ1v) is 6.52. The van der Waals surface area contributed by atoms with Crippen molar-refractivity contribution in [1.82, 2.24) is 0 Å². The first-order valence-electron chi connectivity index (χ1n) is 6.52. The molecule has 2 aromatic carbocycles. The number of benzene rings is 2. The molecular formula is C16H17FN2. The highest BCUT2D eigenvalue weighted by molar-refractivity contribution is 5.64. The second-order valence-corrected chi connectivity index (χ2v) is 5.13. The third kappa shape index (κ3) is 2.28. The van der Waals surface area contributed by atoms with E-state index in [0.717, 1.165) is 36.3 Å². The maximum atomic E-state index is 13.3. The van der Waals surface area contributed by atoms with Gasteiger partial charge in [-0.2, -0.15) is 0 Å². The van der Waals surface area contributed by atoms with Crippen LogP contribution in [-0.4, -0.2) is 6.54 Å². The van der Waals surface area contributed by atoms with Gasteiger partial charge in [0, 0.05) is 24.5 Å². The fraction of sp³-hybridized carbons (Fsp3) is 0.250. The second kappa shape index (κ2) is 4.57. The van der Waals surface area contributed by atoms with Crippen molar-refractivity contribution in [2.45, 2.75) is 19.9 Å². The minimum absolute atomic E-state index is 0.174. The van der Waals surface area contributed by atoms with Gasteiger partial charge in [-0.3, -0.25) is 0 Å². The van der Waals surface area contributed by atoms with E-state index >= 15 is 0 Å². The number of nitrogen functional groups attached to an aromatic ring is 1. The lowest BCUT2D eigenvalue weighted by atomic mass is 10.1. The molecule has 19 heavy (non-hydrogen) atoms. The van der Waals surface area contributed by atoms with Crippen LogP contribution in [0.1, 0.15) is 16.7 Å². The zero-order chi connectivity index (χ0) is 13.4. The molecule has 0 fully saturated rings. The molecule has 0 saturated heterocycles. The summed E-state index contributed by atoms with van der Waals surface area (Å²) >= 11 is 0. The van der Waals surface area contributed by atoms with Crippen molar-refractivity contribution >= 4 is 11.4 Å². The number of rotatable bonds is 2. The van der Waals surface area contributed by atoms with Crippen LogP contribution >= 0.6 is 0 Å². The molecule has 0 atom stereocenters. The van der Waals surface area contributed by atoms with Gasteiger partial charge < -0.3 is 10.6 Å². The minimum Gasteiger partial charge on any atom is -0.399 e. The number of nitrogens with zero attached hydrogens (tertiary/aromatic N) is 1. The van der Waals surface area contributed by atoms with E-state index < -0.39 is 0 Å². The molecule has 0 amide bonds. The van der Waals surface area contributed by atoms with Gasteiger partial charge in [0.05, 0.1) is 0 Å². The highest BCUT2D eigenvalue weighted by Crippen LogP contribution is 2.31. The minimum atomic E-state index is -0.174. The molecule has 2 aromatic rings. The molecule has 0 aromatic heterocycles. The summed E-state index contributed by atoms with van der Waals surface area (Å²) in [6, 6.07) is 11.0. The summed E-state index contributed by atoms with van der Waals surface area (Å²) in [7, 11) is 0. The summed E-state index contributed by atoms with van der Waals surface area (Å²) in [5.41, 5.74) is 11.3. The van der Waals surface area contributed by atoms with Crippen LogP contribution in [0, 0.1) is 12.7 Å². The van der Waals surface area contributed by atoms with E-state index in [1.165, 1.54) is 17.3 Å². The zero-order valence-corrected chi connectivity index (χ0v) is 11.0. The molecule has 98 valence electrons. The molecule has 3 heteroatoms. The Kier molecular flexibility index (Phi) is 2.90. The van der Waals surface area contributed by atoms with Gasteiger partial charge in [0.15, 0.2) is 0 Å². The topological polar surface area (TPSA) is 29.3 Å². The molecule has 2 nitrogen and oxygen atoms in total. The third-order valence-electron chi connectivity index (χ3n) is 3.77. The van der Waals surface area contributed by atoms with Gasteiger partial charge in [0.1, 0.15) is 5.82 Å². The molecule has 2 N–H and O–H groups in total. The Hall–Kier alpha value is -2.03. The van der Waals surface area contributed by atoms with Gasteiger partial charge in [-0.1, -0.05) is 12.1 Å². The number of hydrogen-bond acceptors (Lipinski definition) is 2. The molecule has 3 rings (SSSR count). The lowest BCUT2D eigenvalue weighted by Crippen LogP contribution is -2.20. The standard InChI is InChI=1S/C16H17FN2/c1-11-2-4-14(17)8-13(11)10-19-7-6-12-3-5-15(18)9-16(12)19/h2-5,8-9H,6-7,10,18H2,1H3. The van der Waals surface area contributed by atoms with Gasteiger partial charge >= 0.3 is 0 Å². The number of nitrogens with two attached hydrogens (primary N) is 1. The highest BCUT2D eigenvalue weighted by atomic mass is 19.1. The Morgan fingerprint density at radius 2 is 2.05 bits per heavy atom. The number of aryl methyl sites for hydroxylation is 1. The molecular weight excluding hydrogens is 239 g/mol. The van der Waals surface area contributed by atoms with Crippen LogP contribution in [0.25, 0.3) is 0 Å². The van der Waals surface area contributed by atoms with Crippen LogP contribution in [0.4, 0.5) is 15.8 Å². The third-order valence-corrected chi connectivity index (χ3v) is 3.77. The fourth-order valence-electron chi connectivity index (χ4n) is 2.64.